The predicted octanol–water partition coefficient (Wildman–Crippen LogP) is 5.39. The zero-order valence-electron chi connectivity index (χ0n) is 21.4. The first-order valence-corrected chi connectivity index (χ1v) is 14.1. The van der Waals surface area contributed by atoms with Crippen LogP contribution in [0.25, 0.3) is 0 Å². The maximum atomic E-state index is 12.0. The number of carbonyl (C=O) groups excluding carboxylic acids is 1. The van der Waals surface area contributed by atoms with Gasteiger partial charge in [-0.1, -0.05) is 12.5 Å². The lowest BCUT2D eigenvalue weighted by Crippen LogP contribution is -2.44. The highest BCUT2D eigenvalue weighted by Gasteiger charge is 2.25. The van der Waals surface area contributed by atoms with E-state index in [1.807, 2.05) is 32.7 Å². The van der Waals surface area contributed by atoms with E-state index in [2.05, 4.69) is 43.7 Å². The number of likely N-dealkylation sites (tertiary alicyclic amines) is 1. The van der Waals surface area contributed by atoms with Crippen molar-refractivity contribution in [1.82, 2.24) is 14.5 Å². The molecule has 0 saturated carbocycles. The number of hydrogen-bond acceptors (Lipinski definition) is 6. The summed E-state index contributed by atoms with van der Waals surface area (Å²) in [5.41, 5.74) is 0.914. The molecule has 0 bridgehead atoms. The fourth-order valence-electron chi connectivity index (χ4n) is 5.33. The number of ether oxygens (including phenoxy) is 1. The number of hydrogen-bond donors (Lipinski definition) is 1. The van der Waals surface area contributed by atoms with Gasteiger partial charge in [0.25, 0.3) is 0 Å². The fraction of sp³-hybridized carbons (Fsp3) is 0.741. The Hall–Kier alpha value is -1.44. The van der Waals surface area contributed by atoms with Crippen LogP contribution in [0.5, 0.6) is 0 Å². The maximum Gasteiger partial charge on any atom is 0.407 e. The molecule has 4 rings (SSSR count). The monoisotopic (exact) mass is 488 g/mol. The lowest BCUT2D eigenvalue weighted by Gasteiger charge is -2.37. The molecule has 1 amide bonds. The molecule has 3 saturated heterocycles. The Balaban J connectivity index is 1.20. The minimum absolute atomic E-state index is 0.198. The summed E-state index contributed by atoms with van der Waals surface area (Å²) in [4.78, 5) is 18.6. The van der Waals surface area contributed by atoms with E-state index in [4.69, 9.17) is 4.74 Å². The van der Waals surface area contributed by atoms with Crippen LogP contribution in [0, 0.1) is 5.92 Å². The maximum absolute atomic E-state index is 12.0. The minimum atomic E-state index is -0.450. The average molecular weight is 489 g/mol. The first-order valence-electron chi connectivity index (χ1n) is 13.3. The lowest BCUT2D eigenvalue weighted by atomic mass is 9.95. The van der Waals surface area contributed by atoms with E-state index >= 15 is 0 Å². The van der Waals surface area contributed by atoms with Crippen LogP contribution in [0.2, 0.25) is 0 Å². The number of anilines is 1. The third kappa shape index (κ3) is 8.06. The van der Waals surface area contributed by atoms with Crippen molar-refractivity contribution in [2.24, 2.45) is 5.92 Å². The number of nitrogens with one attached hydrogen (secondary N) is 1. The second-order valence-corrected chi connectivity index (χ2v) is 12.4. The Labute approximate surface area is 210 Å². The van der Waals surface area contributed by atoms with Crippen molar-refractivity contribution < 1.29 is 9.53 Å². The summed E-state index contributed by atoms with van der Waals surface area (Å²) in [5.74, 6) is 0.863. The van der Waals surface area contributed by atoms with Gasteiger partial charge in [-0.15, -0.1) is 0 Å². The Morgan fingerprint density at radius 1 is 1.00 bits per heavy atom. The van der Waals surface area contributed by atoms with Crippen LogP contribution in [0.4, 0.5) is 10.5 Å². The molecule has 0 atom stereocenters. The van der Waals surface area contributed by atoms with Gasteiger partial charge in [0.1, 0.15) is 5.60 Å². The zero-order valence-corrected chi connectivity index (χ0v) is 22.2. The van der Waals surface area contributed by atoms with E-state index in [1.165, 1.54) is 75.4 Å². The number of alkyl carbamates (subject to hydrolysis) is 1. The second kappa shape index (κ2) is 12.0. The van der Waals surface area contributed by atoms with E-state index in [1.54, 1.807) is 0 Å². The molecule has 1 aromatic carbocycles. The number of nitrogens with zero attached hydrogens (tertiary/aromatic N) is 3. The highest BCUT2D eigenvalue weighted by atomic mass is 32.2. The molecule has 3 heterocycles. The molecule has 1 aromatic rings. The lowest BCUT2D eigenvalue weighted by molar-refractivity contribution is 0.0490. The van der Waals surface area contributed by atoms with Crippen LogP contribution < -0.4 is 10.2 Å². The van der Waals surface area contributed by atoms with Gasteiger partial charge < -0.3 is 19.9 Å². The molecule has 1 N–H and O–H groups in total. The Morgan fingerprint density at radius 3 is 2.38 bits per heavy atom. The van der Waals surface area contributed by atoms with Crippen molar-refractivity contribution in [3.05, 3.63) is 24.3 Å². The summed E-state index contributed by atoms with van der Waals surface area (Å²) in [6.45, 7) is 13.9. The normalized spacial score (nSPS) is 22.0. The molecule has 3 aliphatic heterocycles. The molecule has 0 radical (unpaired) electrons. The van der Waals surface area contributed by atoms with Gasteiger partial charge in [-0.25, -0.2) is 9.10 Å². The van der Waals surface area contributed by atoms with E-state index in [-0.39, 0.29) is 12.1 Å². The van der Waals surface area contributed by atoms with Gasteiger partial charge in [0, 0.05) is 49.3 Å². The fourth-order valence-corrected chi connectivity index (χ4v) is 6.34. The van der Waals surface area contributed by atoms with Crippen molar-refractivity contribution in [3.63, 3.8) is 0 Å². The topological polar surface area (TPSA) is 48.1 Å². The van der Waals surface area contributed by atoms with Crippen molar-refractivity contribution >= 4 is 23.7 Å². The van der Waals surface area contributed by atoms with E-state index in [9.17, 15) is 4.79 Å². The quantitative estimate of drug-likeness (QED) is 0.542. The van der Waals surface area contributed by atoms with Crippen LogP contribution in [0.3, 0.4) is 0 Å². The summed E-state index contributed by atoms with van der Waals surface area (Å²) in [5, 5.41) is 3.03. The van der Waals surface area contributed by atoms with Gasteiger partial charge in [0.15, 0.2) is 0 Å². The van der Waals surface area contributed by atoms with Crippen LogP contribution in [-0.2, 0) is 4.74 Å². The molecule has 0 aliphatic carbocycles. The summed E-state index contributed by atoms with van der Waals surface area (Å²) in [6.07, 6.45) is 8.43. The minimum Gasteiger partial charge on any atom is -0.444 e. The molecule has 3 aliphatic rings. The Bertz CT molecular complexity index is 777. The van der Waals surface area contributed by atoms with Gasteiger partial charge in [0.2, 0.25) is 0 Å². The van der Waals surface area contributed by atoms with Crippen LogP contribution >= 0.6 is 11.9 Å². The van der Waals surface area contributed by atoms with Crippen molar-refractivity contribution in [3.8, 4) is 0 Å². The molecular formula is C27H44N4O2S. The highest BCUT2D eigenvalue weighted by Crippen LogP contribution is 2.31. The number of amides is 1. The third-order valence-corrected chi connectivity index (χ3v) is 8.26. The van der Waals surface area contributed by atoms with Crippen LogP contribution in [0.1, 0.15) is 65.7 Å². The van der Waals surface area contributed by atoms with E-state index in [0.717, 1.165) is 31.8 Å². The molecule has 0 spiro atoms. The predicted molar refractivity (Wildman–Crippen MR) is 141 cm³/mol. The molecule has 3 fully saturated rings. The van der Waals surface area contributed by atoms with E-state index in [0.29, 0.717) is 0 Å². The molecule has 0 aromatic heterocycles. The van der Waals surface area contributed by atoms with E-state index < -0.39 is 5.60 Å². The third-order valence-electron chi connectivity index (χ3n) is 7.17. The van der Waals surface area contributed by atoms with Gasteiger partial charge in [-0.05, 0) is 108 Å². The summed E-state index contributed by atoms with van der Waals surface area (Å²) in [6, 6.07) is 9.26. The second-order valence-electron chi connectivity index (χ2n) is 11.2. The van der Waals surface area contributed by atoms with Gasteiger partial charge in [0.05, 0.1) is 0 Å². The molecule has 6 nitrogen and oxygen atoms in total. The Morgan fingerprint density at radius 2 is 1.71 bits per heavy atom. The van der Waals surface area contributed by atoms with Gasteiger partial charge in [-0.2, -0.15) is 0 Å². The summed E-state index contributed by atoms with van der Waals surface area (Å²) >= 11 is 1.85. The first kappa shape index (κ1) is 25.6. The van der Waals surface area contributed by atoms with Crippen LogP contribution in [-0.4, -0.2) is 72.8 Å². The first-order chi connectivity index (χ1) is 16.3. The van der Waals surface area contributed by atoms with Crippen molar-refractivity contribution in [2.75, 3.05) is 50.7 Å². The van der Waals surface area contributed by atoms with Crippen molar-refractivity contribution in [1.29, 1.82) is 0 Å². The smallest absolute Gasteiger partial charge is 0.407 e. The molecule has 0 unspecified atom stereocenters. The Kier molecular flexibility index (Phi) is 9.05. The van der Waals surface area contributed by atoms with Gasteiger partial charge in [-0.3, -0.25) is 0 Å². The number of benzene rings is 1. The molecular weight excluding hydrogens is 444 g/mol. The molecule has 190 valence electrons. The number of carbonyl (C=O) groups is 1. The van der Waals surface area contributed by atoms with Crippen LogP contribution in [0.15, 0.2) is 29.2 Å². The standard InChI is InChI=1S/C27H44N4O2S/c1-27(2,3)33-26(32)28-23-12-18-31(19-13-23)34-25-9-7-8-24(20-25)30-16-10-22(11-17-30)21-29-14-5-4-6-15-29/h7-9,20,22-23H,4-6,10-19,21H2,1-3H3,(H,28,32). The number of piperidine rings is 3. The molecule has 34 heavy (non-hydrogen) atoms. The molecule has 7 heteroatoms. The van der Waals surface area contributed by atoms with Crippen molar-refractivity contribution in [2.45, 2.75) is 82.3 Å². The SMILES string of the molecule is CC(C)(C)OC(=O)NC1CCN(Sc2cccc(N3CCC(CN4CCCCC4)CC3)c2)CC1. The van der Waals surface area contributed by atoms with Gasteiger partial charge >= 0.3 is 6.09 Å². The average Bonchev–Trinajstić information content (AvgIpc) is 2.80. The summed E-state index contributed by atoms with van der Waals surface area (Å²) < 4.78 is 7.83. The number of rotatable bonds is 6. The largest absolute Gasteiger partial charge is 0.444 e. The highest BCUT2D eigenvalue weighted by molar-refractivity contribution is 7.97. The summed E-state index contributed by atoms with van der Waals surface area (Å²) in [7, 11) is 0. The zero-order chi connectivity index (χ0) is 24.0.